The Balaban J connectivity index is 1.94. The Morgan fingerprint density at radius 3 is 2.50 bits per heavy atom. The number of hydrogen-bond donors (Lipinski definition) is 0. The minimum Gasteiger partial charge on any atom is -0.494 e. The Labute approximate surface area is 108 Å². The van der Waals surface area contributed by atoms with Crippen LogP contribution < -0.4 is 9.64 Å². The van der Waals surface area contributed by atoms with Crippen LogP contribution in [0.3, 0.4) is 0 Å². The lowest BCUT2D eigenvalue weighted by Crippen LogP contribution is -2.17. The highest BCUT2D eigenvalue weighted by Crippen LogP contribution is 2.27. The number of ether oxygens (including phenoxy) is 1. The van der Waals surface area contributed by atoms with Gasteiger partial charge >= 0.3 is 0 Å². The van der Waals surface area contributed by atoms with Crippen molar-refractivity contribution in [2.45, 2.75) is 19.8 Å². The maximum atomic E-state index is 5.53. The van der Waals surface area contributed by atoms with Crippen molar-refractivity contribution in [1.82, 2.24) is 0 Å². The van der Waals surface area contributed by atoms with Gasteiger partial charge in [0.05, 0.1) is 6.61 Å². The van der Waals surface area contributed by atoms with Crippen molar-refractivity contribution < 1.29 is 4.74 Å². The minimum absolute atomic E-state index is 0.720. The van der Waals surface area contributed by atoms with Gasteiger partial charge in [0, 0.05) is 18.8 Å². The molecule has 2 nitrogen and oxygen atoms in total. The largest absolute Gasteiger partial charge is 0.494 e. The van der Waals surface area contributed by atoms with Crippen molar-refractivity contribution >= 4 is 16.5 Å². The molecule has 18 heavy (non-hydrogen) atoms. The third-order valence-corrected chi connectivity index (χ3v) is 3.58. The van der Waals surface area contributed by atoms with Gasteiger partial charge in [-0.25, -0.2) is 0 Å². The van der Waals surface area contributed by atoms with Crippen LogP contribution in [-0.2, 0) is 0 Å². The number of anilines is 1. The topological polar surface area (TPSA) is 12.5 Å². The lowest BCUT2D eigenvalue weighted by atomic mass is 10.1. The second-order valence-corrected chi connectivity index (χ2v) is 4.82. The Hall–Kier alpha value is -1.70. The zero-order valence-corrected chi connectivity index (χ0v) is 10.9. The zero-order valence-electron chi connectivity index (χ0n) is 10.9. The highest BCUT2D eigenvalue weighted by molar-refractivity contribution is 5.87. The van der Waals surface area contributed by atoms with Gasteiger partial charge in [-0.15, -0.1) is 0 Å². The van der Waals surface area contributed by atoms with Gasteiger partial charge in [0.25, 0.3) is 0 Å². The lowest BCUT2D eigenvalue weighted by molar-refractivity contribution is 0.341. The predicted octanol–water partition coefficient (Wildman–Crippen LogP) is 3.84. The third kappa shape index (κ3) is 2.15. The number of hydrogen-bond acceptors (Lipinski definition) is 2. The van der Waals surface area contributed by atoms with Gasteiger partial charge in [0.2, 0.25) is 0 Å². The molecule has 3 rings (SSSR count). The predicted molar refractivity (Wildman–Crippen MR) is 76.6 cm³/mol. The minimum atomic E-state index is 0.720. The van der Waals surface area contributed by atoms with Crippen LogP contribution in [-0.4, -0.2) is 19.7 Å². The molecule has 0 spiro atoms. The molecule has 1 fully saturated rings. The van der Waals surface area contributed by atoms with Crippen molar-refractivity contribution in [3.63, 3.8) is 0 Å². The molecule has 0 radical (unpaired) electrons. The number of benzene rings is 2. The van der Waals surface area contributed by atoms with Crippen LogP contribution in [0.4, 0.5) is 5.69 Å². The van der Waals surface area contributed by atoms with Crippen LogP contribution in [0.25, 0.3) is 10.8 Å². The molecule has 1 aliphatic rings. The molecule has 0 amide bonds. The van der Waals surface area contributed by atoms with Crippen molar-refractivity contribution in [1.29, 1.82) is 0 Å². The Bertz CT molecular complexity index is 544. The summed E-state index contributed by atoms with van der Waals surface area (Å²) in [5.74, 6) is 0.957. The Morgan fingerprint density at radius 2 is 1.72 bits per heavy atom. The van der Waals surface area contributed by atoms with Gasteiger partial charge < -0.3 is 9.64 Å². The van der Waals surface area contributed by atoms with Crippen LogP contribution in [0.15, 0.2) is 36.4 Å². The van der Waals surface area contributed by atoms with Crippen molar-refractivity contribution in [3.05, 3.63) is 36.4 Å². The van der Waals surface area contributed by atoms with Gasteiger partial charge in [-0.3, -0.25) is 0 Å². The Morgan fingerprint density at radius 1 is 1.00 bits per heavy atom. The highest BCUT2D eigenvalue weighted by atomic mass is 16.5. The molecule has 1 heterocycles. The van der Waals surface area contributed by atoms with E-state index < -0.39 is 0 Å². The van der Waals surface area contributed by atoms with Gasteiger partial charge in [0.15, 0.2) is 0 Å². The fourth-order valence-electron chi connectivity index (χ4n) is 2.64. The summed E-state index contributed by atoms with van der Waals surface area (Å²) in [6.45, 7) is 5.13. The Kier molecular flexibility index (Phi) is 3.09. The van der Waals surface area contributed by atoms with E-state index in [1.165, 1.54) is 42.4 Å². The average Bonchev–Trinajstić information content (AvgIpc) is 2.92. The standard InChI is InChI=1S/C16H19NO/c1-2-18-16-8-6-13-11-15(7-5-14(13)12-16)17-9-3-4-10-17/h5-8,11-12H,2-4,9-10H2,1H3. The summed E-state index contributed by atoms with van der Waals surface area (Å²) >= 11 is 0. The van der Waals surface area contributed by atoms with E-state index in [0.717, 1.165) is 12.4 Å². The monoisotopic (exact) mass is 241 g/mol. The van der Waals surface area contributed by atoms with Crippen LogP contribution in [0, 0.1) is 0 Å². The van der Waals surface area contributed by atoms with Crippen LogP contribution in [0.5, 0.6) is 5.75 Å². The molecule has 2 aromatic rings. The molecule has 0 aromatic heterocycles. The smallest absolute Gasteiger partial charge is 0.119 e. The zero-order chi connectivity index (χ0) is 12.4. The fourth-order valence-corrected chi connectivity index (χ4v) is 2.64. The average molecular weight is 241 g/mol. The molecule has 2 heteroatoms. The quantitative estimate of drug-likeness (QED) is 0.809. The summed E-state index contributed by atoms with van der Waals surface area (Å²) in [6.07, 6.45) is 2.64. The molecule has 1 saturated heterocycles. The van der Waals surface area contributed by atoms with Crippen molar-refractivity contribution in [2.75, 3.05) is 24.6 Å². The molecule has 94 valence electrons. The third-order valence-electron chi connectivity index (χ3n) is 3.58. The van der Waals surface area contributed by atoms with Gasteiger partial charge in [-0.1, -0.05) is 12.1 Å². The molecule has 0 bridgehead atoms. The number of rotatable bonds is 3. The first-order valence-corrected chi connectivity index (χ1v) is 6.78. The van der Waals surface area contributed by atoms with E-state index in [4.69, 9.17) is 4.74 Å². The molecule has 0 aliphatic carbocycles. The summed E-state index contributed by atoms with van der Waals surface area (Å²) in [5, 5.41) is 2.55. The van der Waals surface area contributed by atoms with E-state index in [1.807, 2.05) is 6.92 Å². The van der Waals surface area contributed by atoms with Crippen LogP contribution in [0.2, 0.25) is 0 Å². The second kappa shape index (κ2) is 4.89. The first kappa shape index (κ1) is 11.4. The van der Waals surface area contributed by atoms with Crippen molar-refractivity contribution in [2.24, 2.45) is 0 Å². The van der Waals surface area contributed by atoms with Crippen molar-refractivity contribution in [3.8, 4) is 5.75 Å². The SMILES string of the molecule is CCOc1ccc2cc(N3CCCC3)ccc2c1. The van der Waals surface area contributed by atoms with Crippen LogP contribution >= 0.6 is 0 Å². The van der Waals surface area contributed by atoms with Gasteiger partial charge in [-0.2, -0.15) is 0 Å². The van der Waals surface area contributed by atoms with E-state index in [2.05, 4.69) is 41.3 Å². The molecule has 2 aromatic carbocycles. The lowest BCUT2D eigenvalue weighted by Gasteiger charge is -2.18. The van der Waals surface area contributed by atoms with E-state index in [0.29, 0.717) is 0 Å². The molecular formula is C16H19NO. The summed E-state index contributed by atoms with van der Waals surface area (Å²) in [5.41, 5.74) is 1.35. The maximum absolute atomic E-state index is 5.53. The number of nitrogens with zero attached hydrogens (tertiary/aromatic N) is 1. The molecule has 0 saturated carbocycles. The summed E-state index contributed by atoms with van der Waals surface area (Å²) < 4.78 is 5.53. The summed E-state index contributed by atoms with van der Waals surface area (Å²) in [4.78, 5) is 2.47. The molecule has 1 aliphatic heterocycles. The van der Waals surface area contributed by atoms with E-state index in [1.54, 1.807) is 0 Å². The maximum Gasteiger partial charge on any atom is 0.119 e. The van der Waals surface area contributed by atoms with Gasteiger partial charge in [-0.05, 0) is 54.8 Å². The van der Waals surface area contributed by atoms with Gasteiger partial charge in [0.1, 0.15) is 5.75 Å². The fraction of sp³-hybridized carbons (Fsp3) is 0.375. The molecule has 0 atom stereocenters. The molecule has 0 unspecified atom stereocenters. The second-order valence-electron chi connectivity index (χ2n) is 4.82. The number of fused-ring (bicyclic) bond motifs is 1. The molecular weight excluding hydrogens is 222 g/mol. The summed E-state index contributed by atoms with van der Waals surface area (Å²) in [6, 6.07) is 13.0. The normalized spacial score (nSPS) is 15.3. The highest BCUT2D eigenvalue weighted by Gasteiger charge is 2.12. The first-order chi connectivity index (χ1) is 8.86. The van der Waals surface area contributed by atoms with E-state index in [-0.39, 0.29) is 0 Å². The summed E-state index contributed by atoms with van der Waals surface area (Å²) in [7, 11) is 0. The van der Waals surface area contributed by atoms with E-state index >= 15 is 0 Å². The molecule has 0 N–H and O–H groups in total. The van der Waals surface area contributed by atoms with Crippen LogP contribution in [0.1, 0.15) is 19.8 Å². The van der Waals surface area contributed by atoms with E-state index in [9.17, 15) is 0 Å². The first-order valence-electron chi connectivity index (χ1n) is 6.78.